The zero-order chi connectivity index (χ0) is 20.1. The fourth-order valence-corrected chi connectivity index (χ4v) is 3.32. The molecule has 1 aromatic carbocycles. The first kappa shape index (κ1) is 19.7. The van der Waals surface area contributed by atoms with Crippen molar-refractivity contribution in [1.29, 1.82) is 0 Å². The number of piperidine rings is 1. The lowest BCUT2D eigenvalue weighted by Gasteiger charge is -2.32. The Bertz CT molecular complexity index is 846. The molecule has 0 saturated carbocycles. The lowest BCUT2D eigenvalue weighted by Crippen LogP contribution is -2.43. The Balaban J connectivity index is 1.71. The first-order valence-corrected chi connectivity index (χ1v) is 9.26. The number of carbonyl (C=O) groups is 2. The third kappa shape index (κ3) is 4.42. The van der Waals surface area contributed by atoms with E-state index in [2.05, 4.69) is 10.3 Å². The SMILES string of the molecule is COc1cc(OC)cc(C(=O)N2CCCC(C(=O)Nc3ncccc3C)C2)c1. The van der Waals surface area contributed by atoms with Gasteiger partial charge in [-0.05, 0) is 43.5 Å². The van der Waals surface area contributed by atoms with Gasteiger partial charge in [0.1, 0.15) is 17.3 Å². The van der Waals surface area contributed by atoms with Crippen LogP contribution in [0.5, 0.6) is 11.5 Å². The van der Waals surface area contributed by atoms with Crippen molar-refractivity contribution in [3.05, 3.63) is 47.7 Å². The highest BCUT2D eigenvalue weighted by molar-refractivity contribution is 5.96. The normalized spacial score (nSPS) is 16.4. The maximum Gasteiger partial charge on any atom is 0.254 e. The molecule has 0 radical (unpaired) electrons. The van der Waals surface area contributed by atoms with E-state index in [1.165, 1.54) is 0 Å². The minimum Gasteiger partial charge on any atom is -0.497 e. The number of nitrogens with zero attached hydrogens (tertiary/aromatic N) is 2. The van der Waals surface area contributed by atoms with Gasteiger partial charge in [-0.1, -0.05) is 6.07 Å². The van der Waals surface area contributed by atoms with Crippen LogP contribution in [0.25, 0.3) is 0 Å². The van der Waals surface area contributed by atoms with Gasteiger partial charge in [0.25, 0.3) is 5.91 Å². The Morgan fingerprint density at radius 3 is 2.54 bits per heavy atom. The molecule has 0 aliphatic carbocycles. The molecule has 0 spiro atoms. The third-order valence-electron chi connectivity index (χ3n) is 4.93. The van der Waals surface area contributed by atoms with E-state index in [-0.39, 0.29) is 17.7 Å². The first-order valence-electron chi connectivity index (χ1n) is 9.26. The van der Waals surface area contributed by atoms with Crippen LogP contribution < -0.4 is 14.8 Å². The average Bonchev–Trinajstić information content (AvgIpc) is 2.74. The van der Waals surface area contributed by atoms with Crippen LogP contribution in [-0.4, -0.2) is 49.0 Å². The van der Waals surface area contributed by atoms with E-state index >= 15 is 0 Å². The van der Waals surface area contributed by atoms with Gasteiger partial charge < -0.3 is 19.7 Å². The van der Waals surface area contributed by atoms with Crippen molar-refractivity contribution in [3.8, 4) is 11.5 Å². The number of hydrogen-bond donors (Lipinski definition) is 1. The summed E-state index contributed by atoms with van der Waals surface area (Å²) in [5, 5.41) is 2.89. The molecular formula is C21H25N3O4. The fraction of sp³-hybridized carbons (Fsp3) is 0.381. The smallest absolute Gasteiger partial charge is 0.254 e. The molecule has 2 amide bonds. The van der Waals surface area contributed by atoms with Crippen LogP contribution in [0.1, 0.15) is 28.8 Å². The standard InChI is InChI=1S/C21H25N3O4/c1-14-6-4-8-22-19(14)23-20(25)15-7-5-9-24(13-15)21(26)16-10-17(27-2)12-18(11-16)28-3/h4,6,8,10-12,15H,5,7,9,13H2,1-3H3,(H,22,23,25). The summed E-state index contributed by atoms with van der Waals surface area (Å²) < 4.78 is 10.5. The predicted molar refractivity (Wildman–Crippen MR) is 106 cm³/mol. The highest BCUT2D eigenvalue weighted by Gasteiger charge is 2.29. The summed E-state index contributed by atoms with van der Waals surface area (Å²) in [6, 6.07) is 8.82. The molecule has 1 aromatic heterocycles. The molecule has 1 saturated heterocycles. The Morgan fingerprint density at radius 1 is 1.18 bits per heavy atom. The van der Waals surface area contributed by atoms with Crippen molar-refractivity contribution in [1.82, 2.24) is 9.88 Å². The van der Waals surface area contributed by atoms with Crippen molar-refractivity contribution >= 4 is 17.6 Å². The summed E-state index contributed by atoms with van der Waals surface area (Å²) in [5.74, 6) is 1.16. The highest BCUT2D eigenvalue weighted by Crippen LogP contribution is 2.26. The summed E-state index contributed by atoms with van der Waals surface area (Å²) in [7, 11) is 3.09. The Labute approximate surface area is 164 Å². The van der Waals surface area contributed by atoms with Crippen LogP contribution in [0, 0.1) is 12.8 Å². The average molecular weight is 383 g/mol. The number of pyridine rings is 1. The molecule has 2 aromatic rings. The number of likely N-dealkylation sites (tertiary alicyclic amines) is 1. The number of rotatable bonds is 5. The quantitative estimate of drug-likeness (QED) is 0.859. The van der Waals surface area contributed by atoms with Gasteiger partial charge in [-0.3, -0.25) is 9.59 Å². The van der Waals surface area contributed by atoms with Crippen LogP contribution in [0.4, 0.5) is 5.82 Å². The number of amides is 2. The first-order chi connectivity index (χ1) is 13.5. The second-order valence-corrected chi connectivity index (χ2v) is 6.85. The van der Waals surface area contributed by atoms with Crippen molar-refractivity contribution in [3.63, 3.8) is 0 Å². The highest BCUT2D eigenvalue weighted by atomic mass is 16.5. The number of hydrogen-bond acceptors (Lipinski definition) is 5. The molecule has 148 valence electrons. The molecule has 28 heavy (non-hydrogen) atoms. The van der Waals surface area contributed by atoms with E-state index in [0.717, 1.165) is 18.4 Å². The minimum absolute atomic E-state index is 0.109. The van der Waals surface area contributed by atoms with E-state index in [9.17, 15) is 9.59 Å². The lowest BCUT2D eigenvalue weighted by molar-refractivity contribution is -0.121. The van der Waals surface area contributed by atoms with E-state index in [4.69, 9.17) is 9.47 Å². The zero-order valence-corrected chi connectivity index (χ0v) is 16.4. The topological polar surface area (TPSA) is 80.8 Å². The fourth-order valence-electron chi connectivity index (χ4n) is 3.32. The molecule has 1 fully saturated rings. The van der Waals surface area contributed by atoms with Crippen molar-refractivity contribution in [2.75, 3.05) is 32.6 Å². The number of anilines is 1. The Kier molecular flexibility index (Phi) is 6.13. The molecule has 3 rings (SSSR count). The van der Waals surface area contributed by atoms with Gasteiger partial charge in [0.15, 0.2) is 0 Å². The molecule has 7 heteroatoms. The number of nitrogens with one attached hydrogen (secondary N) is 1. The van der Waals surface area contributed by atoms with Gasteiger partial charge in [-0.15, -0.1) is 0 Å². The van der Waals surface area contributed by atoms with Crippen molar-refractivity contribution in [2.45, 2.75) is 19.8 Å². The van der Waals surface area contributed by atoms with Gasteiger partial charge in [-0.2, -0.15) is 0 Å². The number of methoxy groups -OCH3 is 2. The molecule has 1 N–H and O–H groups in total. The number of carbonyl (C=O) groups excluding carboxylic acids is 2. The van der Waals surface area contributed by atoms with Gasteiger partial charge >= 0.3 is 0 Å². The van der Waals surface area contributed by atoms with Crippen LogP contribution >= 0.6 is 0 Å². The Morgan fingerprint density at radius 2 is 1.89 bits per heavy atom. The second kappa shape index (κ2) is 8.73. The largest absolute Gasteiger partial charge is 0.497 e. The number of aromatic nitrogens is 1. The van der Waals surface area contributed by atoms with Crippen LogP contribution in [0.3, 0.4) is 0 Å². The maximum absolute atomic E-state index is 13.0. The number of aryl methyl sites for hydroxylation is 1. The van der Waals surface area contributed by atoms with Crippen LogP contribution in [0.2, 0.25) is 0 Å². The number of benzene rings is 1. The molecule has 2 heterocycles. The zero-order valence-electron chi connectivity index (χ0n) is 16.4. The van der Waals surface area contributed by atoms with Crippen LogP contribution in [-0.2, 0) is 4.79 Å². The Hall–Kier alpha value is -3.09. The molecule has 7 nitrogen and oxygen atoms in total. The summed E-state index contributed by atoms with van der Waals surface area (Å²) in [4.78, 5) is 31.6. The summed E-state index contributed by atoms with van der Waals surface area (Å²) in [5.41, 5.74) is 1.39. The minimum atomic E-state index is -0.272. The molecule has 1 atom stereocenters. The van der Waals surface area contributed by atoms with Crippen molar-refractivity contribution in [2.24, 2.45) is 5.92 Å². The molecule has 1 aliphatic rings. The molecular weight excluding hydrogens is 358 g/mol. The molecule has 1 aliphatic heterocycles. The van der Waals surface area contributed by atoms with E-state index in [1.54, 1.807) is 43.5 Å². The van der Waals surface area contributed by atoms with Crippen molar-refractivity contribution < 1.29 is 19.1 Å². The summed E-state index contributed by atoms with van der Waals surface area (Å²) in [6.45, 7) is 2.89. The summed E-state index contributed by atoms with van der Waals surface area (Å²) >= 11 is 0. The van der Waals surface area contributed by atoms with Gasteiger partial charge in [0, 0.05) is 30.9 Å². The molecule has 1 unspecified atom stereocenters. The van der Waals surface area contributed by atoms with E-state index < -0.39 is 0 Å². The number of ether oxygens (including phenoxy) is 2. The summed E-state index contributed by atoms with van der Waals surface area (Å²) in [6.07, 6.45) is 3.16. The lowest BCUT2D eigenvalue weighted by atomic mass is 9.96. The second-order valence-electron chi connectivity index (χ2n) is 6.85. The van der Waals surface area contributed by atoms with Gasteiger partial charge in [0.2, 0.25) is 5.91 Å². The maximum atomic E-state index is 13.0. The van der Waals surface area contributed by atoms with Crippen LogP contribution in [0.15, 0.2) is 36.5 Å². The monoisotopic (exact) mass is 383 g/mol. The van der Waals surface area contributed by atoms with E-state index in [0.29, 0.717) is 36.0 Å². The third-order valence-corrected chi connectivity index (χ3v) is 4.93. The van der Waals surface area contributed by atoms with Gasteiger partial charge in [0.05, 0.1) is 20.1 Å². The van der Waals surface area contributed by atoms with E-state index in [1.807, 2.05) is 19.1 Å². The molecule has 0 bridgehead atoms. The predicted octanol–water partition coefficient (Wildman–Crippen LogP) is 2.90. The van der Waals surface area contributed by atoms with Gasteiger partial charge in [-0.25, -0.2) is 4.98 Å².